The molecule has 4 nitrogen and oxygen atoms in total. The van der Waals surface area contributed by atoms with Crippen molar-refractivity contribution in [1.29, 1.82) is 0 Å². The van der Waals surface area contributed by atoms with Crippen LogP contribution in [-0.4, -0.2) is 53.5 Å². The highest BCUT2D eigenvalue weighted by atomic mass is 16.2. The van der Waals surface area contributed by atoms with Gasteiger partial charge in [0.25, 0.3) is 0 Å². The molecule has 0 aromatic heterocycles. The van der Waals surface area contributed by atoms with Crippen LogP contribution in [0.3, 0.4) is 0 Å². The summed E-state index contributed by atoms with van der Waals surface area (Å²) in [7, 11) is 0. The van der Waals surface area contributed by atoms with Gasteiger partial charge in [0.05, 0.1) is 0 Å². The number of rotatable bonds is 5. The summed E-state index contributed by atoms with van der Waals surface area (Å²) in [6.45, 7) is 9.54. The number of amides is 1. The van der Waals surface area contributed by atoms with Crippen LogP contribution in [0.2, 0.25) is 0 Å². The molecule has 0 aromatic carbocycles. The van der Waals surface area contributed by atoms with E-state index in [1.807, 2.05) is 6.92 Å². The van der Waals surface area contributed by atoms with Gasteiger partial charge >= 0.3 is 0 Å². The largest absolute Gasteiger partial charge is 0.337 e. The molecule has 2 fully saturated rings. The van der Waals surface area contributed by atoms with Crippen molar-refractivity contribution in [1.82, 2.24) is 9.80 Å². The zero-order chi connectivity index (χ0) is 14.7. The number of fused-ring (bicyclic) bond motifs is 1. The summed E-state index contributed by atoms with van der Waals surface area (Å²) in [5.41, 5.74) is 5.78. The fourth-order valence-electron chi connectivity index (χ4n) is 3.65. The summed E-state index contributed by atoms with van der Waals surface area (Å²) < 4.78 is 0. The van der Waals surface area contributed by atoms with Crippen molar-refractivity contribution >= 4 is 5.91 Å². The molecule has 0 saturated carbocycles. The Bertz CT molecular complexity index is 332. The second kappa shape index (κ2) is 6.90. The first-order valence-electron chi connectivity index (χ1n) is 8.29. The number of hydrogen-bond donors (Lipinski definition) is 1. The summed E-state index contributed by atoms with van der Waals surface area (Å²) in [6.07, 6.45) is 5.60. The molecule has 0 aromatic rings. The smallest absolute Gasteiger partial charge is 0.225 e. The van der Waals surface area contributed by atoms with E-state index in [2.05, 4.69) is 23.6 Å². The average Bonchev–Trinajstić information content (AvgIpc) is 2.83. The lowest BCUT2D eigenvalue weighted by atomic mass is 9.98. The van der Waals surface area contributed by atoms with Crippen molar-refractivity contribution in [2.24, 2.45) is 11.7 Å². The van der Waals surface area contributed by atoms with Gasteiger partial charge in [0.2, 0.25) is 5.91 Å². The maximum absolute atomic E-state index is 12.6. The monoisotopic (exact) mass is 281 g/mol. The van der Waals surface area contributed by atoms with Crippen LogP contribution >= 0.6 is 0 Å². The van der Waals surface area contributed by atoms with E-state index in [1.165, 1.54) is 19.4 Å². The zero-order valence-electron chi connectivity index (χ0n) is 13.3. The molecule has 2 aliphatic rings. The van der Waals surface area contributed by atoms with Crippen LogP contribution in [0.1, 0.15) is 52.9 Å². The molecule has 2 aliphatic heterocycles. The summed E-state index contributed by atoms with van der Waals surface area (Å²) >= 11 is 0. The van der Waals surface area contributed by atoms with E-state index in [4.69, 9.17) is 5.73 Å². The van der Waals surface area contributed by atoms with Gasteiger partial charge in [-0.3, -0.25) is 9.69 Å². The Hall–Kier alpha value is -0.610. The van der Waals surface area contributed by atoms with Gasteiger partial charge in [-0.25, -0.2) is 0 Å². The van der Waals surface area contributed by atoms with Crippen molar-refractivity contribution in [3.8, 4) is 0 Å². The second-order valence-electron chi connectivity index (χ2n) is 6.94. The van der Waals surface area contributed by atoms with Crippen LogP contribution in [0, 0.1) is 5.92 Å². The van der Waals surface area contributed by atoms with Crippen molar-refractivity contribution in [3.05, 3.63) is 0 Å². The number of carbonyl (C=O) groups excluding carboxylic acids is 1. The van der Waals surface area contributed by atoms with E-state index in [9.17, 15) is 4.79 Å². The lowest BCUT2D eigenvalue weighted by Crippen LogP contribution is -2.57. The molecular weight excluding hydrogens is 250 g/mol. The third-order valence-corrected chi connectivity index (χ3v) is 4.94. The molecule has 2 saturated heterocycles. The van der Waals surface area contributed by atoms with E-state index in [-0.39, 0.29) is 12.0 Å². The molecule has 2 heterocycles. The summed E-state index contributed by atoms with van der Waals surface area (Å²) in [4.78, 5) is 17.4. The van der Waals surface area contributed by atoms with Gasteiger partial charge in [-0.15, -0.1) is 0 Å². The third-order valence-electron chi connectivity index (χ3n) is 4.94. The van der Waals surface area contributed by atoms with Crippen LogP contribution in [0.15, 0.2) is 0 Å². The highest BCUT2D eigenvalue weighted by molar-refractivity contribution is 5.79. The van der Waals surface area contributed by atoms with E-state index < -0.39 is 0 Å². The van der Waals surface area contributed by atoms with Crippen LogP contribution in [-0.2, 0) is 4.79 Å². The van der Waals surface area contributed by atoms with Gasteiger partial charge < -0.3 is 10.6 Å². The maximum atomic E-state index is 12.6. The summed E-state index contributed by atoms with van der Waals surface area (Å²) in [5, 5.41) is 0. The first-order chi connectivity index (χ1) is 9.49. The lowest BCUT2D eigenvalue weighted by molar-refractivity contribution is -0.140. The van der Waals surface area contributed by atoms with E-state index in [0.29, 0.717) is 18.0 Å². The van der Waals surface area contributed by atoms with Crippen molar-refractivity contribution < 1.29 is 4.79 Å². The fraction of sp³-hybridized carbons (Fsp3) is 0.938. The van der Waals surface area contributed by atoms with Crippen molar-refractivity contribution in [3.63, 3.8) is 0 Å². The van der Waals surface area contributed by atoms with Crippen LogP contribution in [0.25, 0.3) is 0 Å². The molecule has 2 N–H and O–H groups in total. The molecule has 1 amide bonds. The molecule has 0 radical (unpaired) electrons. The third kappa shape index (κ3) is 3.73. The molecule has 4 atom stereocenters. The molecule has 2 rings (SSSR count). The number of nitrogens with two attached hydrogens (primary N) is 1. The molecule has 0 spiro atoms. The Kier molecular flexibility index (Phi) is 5.44. The minimum Gasteiger partial charge on any atom is -0.337 e. The van der Waals surface area contributed by atoms with Gasteiger partial charge in [0.15, 0.2) is 0 Å². The minimum absolute atomic E-state index is 0.143. The molecule has 20 heavy (non-hydrogen) atoms. The van der Waals surface area contributed by atoms with Gasteiger partial charge in [0.1, 0.15) is 0 Å². The van der Waals surface area contributed by atoms with E-state index in [1.54, 1.807) is 0 Å². The SMILES string of the molecule is CC(N)CCCC(C)C(=O)N1CC2CCCN2CC1C. The van der Waals surface area contributed by atoms with Crippen LogP contribution < -0.4 is 5.73 Å². The summed E-state index contributed by atoms with van der Waals surface area (Å²) in [6, 6.07) is 1.23. The topological polar surface area (TPSA) is 49.6 Å². The standard InChI is InChI=1S/C16H31N3O/c1-12(6-4-7-13(2)17)16(20)19-11-15-8-5-9-18(15)10-14(19)3/h12-15H,4-11,17H2,1-3H3. The first-order valence-corrected chi connectivity index (χ1v) is 8.29. The van der Waals surface area contributed by atoms with Crippen molar-refractivity contribution in [2.45, 2.75) is 71.0 Å². The quantitative estimate of drug-likeness (QED) is 0.836. The van der Waals surface area contributed by atoms with Gasteiger partial charge in [-0.2, -0.15) is 0 Å². The minimum atomic E-state index is 0.143. The molecule has 4 heteroatoms. The van der Waals surface area contributed by atoms with E-state index >= 15 is 0 Å². The lowest BCUT2D eigenvalue weighted by Gasteiger charge is -2.43. The maximum Gasteiger partial charge on any atom is 0.225 e. The second-order valence-corrected chi connectivity index (χ2v) is 6.94. The van der Waals surface area contributed by atoms with E-state index in [0.717, 1.165) is 32.4 Å². The fourth-order valence-corrected chi connectivity index (χ4v) is 3.65. The predicted octanol–water partition coefficient (Wildman–Crippen LogP) is 1.84. The number of carbonyl (C=O) groups is 1. The Balaban J connectivity index is 1.84. The molecule has 4 unspecified atom stereocenters. The number of hydrogen-bond acceptors (Lipinski definition) is 3. The Morgan fingerprint density at radius 1 is 1.30 bits per heavy atom. The van der Waals surface area contributed by atoms with Crippen LogP contribution in [0.4, 0.5) is 0 Å². The zero-order valence-corrected chi connectivity index (χ0v) is 13.3. The Morgan fingerprint density at radius 3 is 2.75 bits per heavy atom. The first kappa shape index (κ1) is 15.8. The normalized spacial score (nSPS) is 30.1. The molecule has 0 bridgehead atoms. The Labute approximate surface area is 123 Å². The predicted molar refractivity (Wildman–Crippen MR) is 82.4 cm³/mol. The Morgan fingerprint density at radius 2 is 2.05 bits per heavy atom. The van der Waals surface area contributed by atoms with Gasteiger partial charge in [-0.05, 0) is 46.1 Å². The van der Waals surface area contributed by atoms with Crippen LogP contribution in [0.5, 0.6) is 0 Å². The molecule has 116 valence electrons. The highest BCUT2D eigenvalue weighted by Crippen LogP contribution is 2.26. The number of nitrogens with zero attached hydrogens (tertiary/aromatic N) is 2. The molecule has 0 aliphatic carbocycles. The molecular formula is C16H31N3O. The van der Waals surface area contributed by atoms with Gasteiger partial charge in [-0.1, -0.05) is 13.3 Å². The average molecular weight is 281 g/mol. The van der Waals surface area contributed by atoms with Gasteiger partial charge in [0, 0.05) is 37.1 Å². The highest BCUT2D eigenvalue weighted by Gasteiger charge is 2.37. The van der Waals surface area contributed by atoms with Crippen molar-refractivity contribution in [2.75, 3.05) is 19.6 Å². The number of piperazine rings is 1. The summed E-state index contributed by atoms with van der Waals surface area (Å²) in [5.74, 6) is 0.498.